The molecule has 1 aliphatic carbocycles. The van der Waals surface area contributed by atoms with Crippen molar-refractivity contribution >= 4 is 16.7 Å². The SMILES string of the molecule is CCn1cc(-c2cc(-c3ccc(F)cc3)no2)c(=O)c2cc(NC3Cc4ccccc4C3)cnc21. The van der Waals surface area contributed by atoms with Crippen LogP contribution in [0.3, 0.4) is 0 Å². The molecule has 6 nitrogen and oxygen atoms in total. The molecule has 5 aromatic rings. The molecule has 0 saturated heterocycles. The van der Waals surface area contributed by atoms with E-state index in [0.29, 0.717) is 40.2 Å². The maximum absolute atomic E-state index is 13.5. The normalized spacial score (nSPS) is 13.3. The molecule has 35 heavy (non-hydrogen) atoms. The fourth-order valence-electron chi connectivity index (χ4n) is 4.83. The molecule has 2 aromatic carbocycles. The van der Waals surface area contributed by atoms with Crippen molar-refractivity contribution in [2.45, 2.75) is 32.4 Å². The summed E-state index contributed by atoms with van der Waals surface area (Å²) in [6.07, 6.45) is 5.43. The molecule has 3 heterocycles. The topological polar surface area (TPSA) is 73.0 Å². The first kappa shape index (κ1) is 21.3. The van der Waals surface area contributed by atoms with E-state index in [-0.39, 0.29) is 17.3 Å². The molecule has 0 bridgehead atoms. The van der Waals surface area contributed by atoms with Gasteiger partial charge in [0.25, 0.3) is 0 Å². The predicted molar refractivity (Wildman–Crippen MR) is 134 cm³/mol. The molecule has 6 rings (SSSR count). The smallest absolute Gasteiger partial charge is 0.202 e. The third kappa shape index (κ3) is 3.89. The van der Waals surface area contributed by atoms with Crippen LogP contribution < -0.4 is 10.7 Å². The molecule has 174 valence electrons. The first-order chi connectivity index (χ1) is 17.1. The Hall–Kier alpha value is -4.26. The second kappa shape index (κ2) is 8.51. The number of nitrogens with one attached hydrogen (secondary N) is 1. The van der Waals surface area contributed by atoms with E-state index in [0.717, 1.165) is 18.5 Å². The average Bonchev–Trinajstić information content (AvgIpc) is 3.52. The highest BCUT2D eigenvalue weighted by Gasteiger charge is 2.22. The number of nitrogens with zero attached hydrogens (tertiary/aromatic N) is 3. The van der Waals surface area contributed by atoms with Crippen molar-refractivity contribution < 1.29 is 8.91 Å². The number of aromatic nitrogens is 3. The third-order valence-corrected chi connectivity index (χ3v) is 6.59. The lowest BCUT2D eigenvalue weighted by Gasteiger charge is -2.15. The van der Waals surface area contributed by atoms with Gasteiger partial charge in [-0.05, 0) is 61.2 Å². The monoisotopic (exact) mass is 466 g/mol. The number of benzene rings is 2. The van der Waals surface area contributed by atoms with Crippen molar-refractivity contribution in [1.29, 1.82) is 0 Å². The molecular formula is C28H23FN4O2. The molecule has 3 aromatic heterocycles. The highest BCUT2D eigenvalue weighted by atomic mass is 19.1. The van der Waals surface area contributed by atoms with E-state index in [2.05, 4.69) is 39.7 Å². The molecule has 0 aliphatic heterocycles. The van der Waals surface area contributed by atoms with E-state index in [1.54, 1.807) is 30.6 Å². The zero-order valence-electron chi connectivity index (χ0n) is 19.2. The molecule has 0 atom stereocenters. The summed E-state index contributed by atoms with van der Waals surface area (Å²) in [5.74, 6) is 0.0410. The number of pyridine rings is 2. The largest absolute Gasteiger partial charge is 0.380 e. The Kier molecular flexibility index (Phi) is 5.17. The second-order valence-corrected chi connectivity index (χ2v) is 8.85. The van der Waals surface area contributed by atoms with Crippen molar-refractivity contribution in [1.82, 2.24) is 14.7 Å². The maximum atomic E-state index is 13.5. The number of halogens is 1. The summed E-state index contributed by atoms with van der Waals surface area (Å²) < 4.78 is 20.8. The Labute approximate surface area is 201 Å². The van der Waals surface area contributed by atoms with Crippen LogP contribution in [0.15, 0.2) is 82.4 Å². The lowest BCUT2D eigenvalue weighted by molar-refractivity contribution is 0.434. The summed E-state index contributed by atoms with van der Waals surface area (Å²) in [6, 6.07) is 18.3. The van der Waals surface area contributed by atoms with Crippen molar-refractivity contribution in [3.8, 4) is 22.6 Å². The number of hydrogen-bond acceptors (Lipinski definition) is 5. The fourth-order valence-corrected chi connectivity index (χ4v) is 4.83. The summed E-state index contributed by atoms with van der Waals surface area (Å²) in [6.45, 7) is 2.64. The lowest BCUT2D eigenvalue weighted by Crippen LogP contribution is -2.20. The van der Waals surface area contributed by atoms with E-state index in [9.17, 15) is 9.18 Å². The van der Waals surface area contributed by atoms with E-state index in [1.165, 1.54) is 23.3 Å². The molecular weight excluding hydrogens is 443 g/mol. The van der Waals surface area contributed by atoms with Crippen LogP contribution in [0.25, 0.3) is 33.6 Å². The number of fused-ring (bicyclic) bond motifs is 2. The predicted octanol–water partition coefficient (Wildman–Crippen LogP) is 5.46. The van der Waals surface area contributed by atoms with Gasteiger partial charge in [-0.3, -0.25) is 4.79 Å². The summed E-state index contributed by atoms with van der Waals surface area (Å²) in [4.78, 5) is 18.2. The van der Waals surface area contributed by atoms with E-state index in [1.807, 2.05) is 17.6 Å². The summed E-state index contributed by atoms with van der Waals surface area (Å²) in [7, 11) is 0. The van der Waals surface area contributed by atoms with Crippen LogP contribution in [0.4, 0.5) is 10.1 Å². The second-order valence-electron chi connectivity index (χ2n) is 8.85. The molecule has 0 fully saturated rings. The quantitative estimate of drug-likeness (QED) is 0.373. The molecule has 0 radical (unpaired) electrons. The molecule has 0 spiro atoms. The molecule has 0 unspecified atom stereocenters. The van der Waals surface area contributed by atoms with Crippen molar-refractivity contribution in [3.63, 3.8) is 0 Å². The van der Waals surface area contributed by atoms with Gasteiger partial charge in [0.05, 0.1) is 22.8 Å². The van der Waals surface area contributed by atoms with Gasteiger partial charge in [-0.25, -0.2) is 9.37 Å². The van der Waals surface area contributed by atoms with Gasteiger partial charge < -0.3 is 14.4 Å². The average molecular weight is 467 g/mol. The number of anilines is 1. The molecule has 1 N–H and O–H groups in total. The molecule has 7 heteroatoms. The van der Waals surface area contributed by atoms with Crippen LogP contribution in [-0.2, 0) is 19.4 Å². The Bertz CT molecular complexity index is 1580. The fraction of sp³-hybridized carbons (Fsp3) is 0.179. The van der Waals surface area contributed by atoms with Crippen molar-refractivity contribution in [2.75, 3.05) is 5.32 Å². The van der Waals surface area contributed by atoms with Gasteiger partial charge >= 0.3 is 0 Å². The Morgan fingerprint density at radius 2 is 1.83 bits per heavy atom. The summed E-state index contributed by atoms with van der Waals surface area (Å²) in [5.41, 5.74) is 5.65. The minimum absolute atomic E-state index is 0.169. The van der Waals surface area contributed by atoms with E-state index >= 15 is 0 Å². The summed E-state index contributed by atoms with van der Waals surface area (Å²) >= 11 is 0. The number of aryl methyl sites for hydroxylation is 1. The van der Waals surface area contributed by atoms with Gasteiger partial charge in [-0.1, -0.05) is 29.4 Å². The van der Waals surface area contributed by atoms with E-state index < -0.39 is 0 Å². The van der Waals surface area contributed by atoms with Gasteiger partial charge in [-0.15, -0.1) is 0 Å². The standard InChI is InChI=1S/C28H23FN4O2/c1-2-33-16-24(26-14-25(32-35-26)17-7-9-20(29)10-8-17)27(34)23-13-22(15-30-28(23)33)31-21-11-18-5-3-4-6-19(18)12-21/h3-10,13-16,21,31H,2,11-12H2,1H3. The summed E-state index contributed by atoms with van der Waals surface area (Å²) in [5, 5.41) is 8.18. The van der Waals surface area contributed by atoms with Gasteiger partial charge in [0.2, 0.25) is 5.43 Å². The van der Waals surface area contributed by atoms with Crippen molar-refractivity contribution in [3.05, 3.63) is 100 Å². The molecule has 0 saturated carbocycles. The van der Waals surface area contributed by atoms with Gasteiger partial charge in [-0.2, -0.15) is 0 Å². The zero-order chi connectivity index (χ0) is 23.9. The van der Waals surface area contributed by atoms with Gasteiger partial charge in [0, 0.05) is 30.4 Å². The van der Waals surface area contributed by atoms with Crippen LogP contribution in [0.5, 0.6) is 0 Å². The third-order valence-electron chi connectivity index (χ3n) is 6.59. The number of rotatable bonds is 5. The van der Waals surface area contributed by atoms with Crippen LogP contribution in [0, 0.1) is 5.82 Å². The van der Waals surface area contributed by atoms with Crippen molar-refractivity contribution in [2.24, 2.45) is 0 Å². The van der Waals surface area contributed by atoms with Crippen LogP contribution >= 0.6 is 0 Å². The Morgan fingerprint density at radius 1 is 1.09 bits per heavy atom. The van der Waals surface area contributed by atoms with E-state index in [4.69, 9.17) is 4.52 Å². The zero-order valence-corrected chi connectivity index (χ0v) is 19.2. The first-order valence-electron chi connectivity index (χ1n) is 11.7. The Balaban J connectivity index is 1.36. The lowest BCUT2D eigenvalue weighted by atomic mass is 10.1. The van der Waals surface area contributed by atoms with Gasteiger partial charge in [0.1, 0.15) is 17.2 Å². The maximum Gasteiger partial charge on any atom is 0.202 e. The van der Waals surface area contributed by atoms with Crippen LogP contribution in [0.2, 0.25) is 0 Å². The minimum atomic E-state index is -0.323. The van der Waals surface area contributed by atoms with Crippen LogP contribution in [0.1, 0.15) is 18.1 Å². The first-order valence-corrected chi connectivity index (χ1v) is 11.7. The highest BCUT2D eigenvalue weighted by molar-refractivity contribution is 5.83. The highest BCUT2D eigenvalue weighted by Crippen LogP contribution is 2.28. The number of hydrogen-bond donors (Lipinski definition) is 1. The van der Waals surface area contributed by atoms with Crippen LogP contribution in [-0.4, -0.2) is 20.7 Å². The molecule has 1 aliphatic rings. The molecule has 0 amide bonds. The Morgan fingerprint density at radius 3 is 2.54 bits per heavy atom. The minimum Gasteiger partial charge on any atom is -0.380 e. The van der Waals surface area contributed by atoms with Gasteiger partial charge in [0.15, 0.2) is 5.76 Å².